The third-order valence-corrected chi connectivity index (χ3v) is 3.13. The van der Waals surface area contributed by atoms with E-state index in [1.54, 1.807) is 25.1 Å². The molecule has 1 aromatic rings. The molecule has 1 amide bonds. The predicted octanol–water partition coefficient (Wildman–Crippen LogP) is 2.57. The molecule has 0 radical (unpaired) electrons. The second-order valence-electron chi connectivity index (χ2n) is 5.29. The molecule has 0 fully saturated rings. The zero-order valence-electron chi connectivity index (χ0n) is 12.4. The maximum atomic E-state index is 11.8. The number of carbonyl (C=O) groups is 1. The van der Waals surface area contributed by atoms with E-state index in [2.05, 4.69) is 10.5 Å². The van der Waals surface area contributed by atoms with Crippen LogP contribution in [-0.2, 0) is 4.79 Å². The van der Waals surface area contributed by atoms with Gasteiger partial charge >= 0.3 is 0 Å². The van der Waals surface area contributed by atoms with Crippen LogP contribution in [0.15, 0.2) is 29.4 Å². The molecular formula is C15H22N2O3. The first kappa shape index (κ1) is 16.0. The van der Waals surface area contributed by atoms with Crippen LogP contribution in [-0.4, -0.2) is 29.0 Å². The van der Waals surface area contributed by atoms with Crippen LogP contribution < -0.4 is 10.1 Å². The van der Waals surface area contributed by atoms with E-state index in [4.69, 9.17) is 9.94 Å². The predicted molar refractivity (Wildman–Crippen MR) is 78.4 cm³/mol. The number of oxime groups is 1. The number of benzene rings is 1. The number of nitrogens with one attached hydrogen (secondary N) is 1. The molecule has 110 valence electrons. The summed E-state index contributed by atoms with van der Waals surface area (Å²) in [6, 6.07) is 7.08. The second-order valence-corrected chi connectivity index (χ2v) is 5.29. The summed E-state index contributed by atoms with van der Waals surface area (Å²) in [5, 5.41) is 14.8. The number of nitrogens with zero attached hydrogens (tertiary/aromatic N) is 1. The van der Waals surface area contributed by atoms with Crippen molar-refractivity contribution in [2.24, 2.45) is 5.16 Å². The molecule has 0 bridgehead atoms. The number of hydrogen-bond donors (Lipinski definition) is 2. The minimum Gasteiger partial charge on any atom is -0.484 e. The first-order valence-corrected chi connectivity index (χ1v) is 6.61. The van der Waals surface area contributed by atoms with Crippen LogP contribution >= 0.6 is 0 Å². The van der Waals surface area contributed by atoms with Crippen LogP contribution in [0.1, 0.15) is 39.7 Å². The lowest BCUT2D eigenvalue weighted by atomic mass is 10.0. The fraction of sp³-hybridized carbons (Fsp3) is 0.467. The first-order chi connectivity index (χ1) is 9.38. The fourth-order valence-corrected chi connectivity index (χ4v) is 1.52. The lowest BCUT2D eigenvalue weighted by Crippen LogP contribution is -2.44. The zero-order valence-corrected chi connectivity index (χ0v) is 12.4. The average molecular weight is 278 g/mol. The third-order valence-electron chi connectivity index (χ3n) is 3.13. The number of amides is 1. The van der Waals surface area contributed by atoms with Gasteiger partial charge in [-0.1, -0.05) is 24.2 Å². The molecule has 0 aliphatic carbocycles. The lowest BCUT2D eigenvalue weighted by Gasteiger charge is -2.24. The number of rotatable bonds is 6. The van der Waals surface area contributed by atoms with E-state index in [1.807, 2.05) is 26.8 Å². The monoisotopic (exact) mass is 278 g/mol. The van der Waals surface area contributed by atoms with Gasteiger partial charge in [-0.2, -0.15) is 0 Å². The molecule has 1 aromatic carbocycles. The van der Waals surface area contributed by atoms with Crippen LogP contribution in [0.5, 0.6) is 5.75 Å². The van der Waals surface area contributed by atoms with Crippen LogP contribution in [0.25, 0.3) is 0 Å². The van der Waals surface area contributed by atoms with Gasteiger partial charge in [0.1, 0.15) is 5.75 Å². The van der Waals surface area contributed by atoms with Crippen molar-refractivity contribution in [1.29, 1.82) is 0 Å². The molecule has 20 heavy (non-hydrogen) atoms. The van der Waals surface area contributed by atoms with Gasteiger partial charge in [0.05, 0.1) is 5.71 Å². The highest BCUT2D eigenvalue weighted by Gasteiger charge is 2.17. The molecule has 0 unspecified atom stereocenters. The first-order valence-electron chi connectivity index (χ1n) is 6.61. The van der Waals surface area contributed by atoms with Crippen molar-refractivity contribution >= 4 is 11.6 Å². The molecule has 0 aliphatic rings. The van der Waals surface area contributed by atoms with Gasteiger partial charge in [0.2, 0.25) is 0 Å². The smallest absolute Gasteiger partial charge is 0.258 e. The van der Waals surface area contributed by atoms with E-state index in [0.717, 1.165) is 12.0 Å². The van der Waals surface area contributed by atoms with Crippen LogP contribution in [0.2, 0.25) is 0 Å². The molecular weight excluding hydrogens is 256 g/mol. The number of hydrogen-bond acceptors (Lipinski definition) is 4. The maximum absolute atomic E-state index is 11.8. The summed E-state index contributed by atoms with van der Waals surface area (Å²) in [6.07, 6.45) is 0.848. The van der Waals surface area contributed by atoms with E-state index < -0.39 is 0 Å². The fourth-order valence-electron chi connectivity index (χ4n) is 1.52. The Morgan fingerprint density at radius 1 is 1.45 bits per heavy atom. The average Bonchev–Trinajstić information content (AvgIpc) is 2.44. The SMILES string of the molecule is CCC(C)(C)NC(=O)COc1cccc(C(C)=NO)c1. The summed E-state index contributed by atoms with van der Waals surface area (Å²) in [6.45, 7) is 7.60. The van der Waals surface area contributed by atoms with E-state index in [-0.39, 0.29) is 18.1 Å². The van der Waals surface area contributed by atoms with Gasteiger partial charge in [-0.3, -0.25) is 4.79 Å². The molecule has 5 heteroatoms. The van der Waals surface area contributed by atoms with Crippen molar-refractivity contribution in [3.63, 3.8) is 0 Å². The molecule has 0 atom stereocenters. The van der Waals surface area contributed by atoms with Crippen LogP contribution in [0.3, 0.4) is 0 Å². The quantitative estimate of drug-likeness (QED) is 0.477. The Kier molecular flexibility index (Phi) is 5.55. The second kappa shape index (κ2) is 6.93. The Labute approximate surface area is 119 Å². The highest BCUT2D eigenvalue weighted by Crippen LogP contribution is 2.14. The largest absolute Gasteiger partial charge is 0.484 e. The maximum Gasteiger partial charge on any atom is 0.258 e. The molecule has 2 N–H and O–H groups in total. The minimum absolute atomic E-state index is 0.0395. The molecule has 1 rings (SSSR count). The third kappa shape index (κ3) is 4.91. The summed E-state index contributed by atoms with van der Waals surface area (Å²) in [5.41, 5.74) is 1.01. The molecule has 0 aromatic heterocycles. The molecule has 0 spiro atoms. The molecule has 0 saturated heterocycles. The highest BCUT2D eigenvalue weighted by molar-refractivity contribution is 5.98. The van der Waals surface area contributed by atoms with Gasteiger partial charge < -0.3 is 15.3 Å². The van der Waals surface area contributed by atoms with Gasteiger partial charge in [-0.25, -0.2) is 0 Å². The van der Waals surface area contributed by atoms with Crippen molar-refractivity contribution in [1.82, 2.24) is 5.32 Å². The Morgan fingerprint density at radius 2 is 2.15 bits per heavy atom. The Balaban J connectivity index is 2.60. The van der Waals surface area contributed by atoms with Crippen molar-refractivity contribution in [2.45, 2.75) is 39.7 Å². The summed E-state index contributed by atoms with van der Waals surface area (Å²) in [5.74, 6) is 0.407. The number of carbonyl (C=O) groups excluding carboxylic acids is 1. The van der Waals surface area contributed by atoms with Gasteiger partial charge in [0, 0.05) is 11.1 Å². The molecule has 0 heterocycles. The molecule has 0 aliphatic heterocycles. The summed E-state index contributed by atoms with van der Waals surface area (Å²) in [7, 11) is 0. The van der Waals surface area contributed by atoms with Gasteiger partial charge in [0.15, 0.2) is 6.61 Å². The Hall–Kier alpha value is -2.04. The Bertz CT molecular complexity index is 496. The van der Waals surface area contributed by atoms with E-state index in [1.165, 1.54) is 0 Å². The highest BCUT2D eigenvalue weighted by atomic mass is 16.5. The standard InChI is InChI=1S/C15H22N2O3/c1-5-15(3,4)16-14(18)10-20-13-8-6-7-12(9-13)11(2)17-19/h6-9,19H,5,10H2,1-4H3,(H,16,18). The summed E-state index contributed by atoms with van der Waals surface area (Å²) in [4.78, 5) is 11.8. The van der Waals surface area contributed by atoms with Gasteiger partial charge in [-0.05, 0) is 39.3 Å². The van der Waals surface area contributed by atoms with Crippen molar-refractivity contribution < 1.29 is 14.7 Å². The van der Waals surface area contributed by atoms with Crippen molar-refractivity contribution in [3.8, 4) is 5.75 Å². The lowest BCUT2D eigenvalue weighted by molar-refractivity contribution is -0.124. The summed E-state index contributed by atoms with van der Waals surface area (Å²) < 4.78 is 5.44. The van der Waals surface area contributed by atoms with Crippen molar-refractivity contribution in [3.05, 3.63) is 29.8 Å². The topological polar surface area (TPSA) is 70.9 Å². The van der Waals surface area contributed by atoms with Gasteiger partial charge in [-0.15, -0.1) is 0 Å². The Morgan fingerprint density at radius 3 is 2.75 bits per heavy atom. The molecule has 5 nitrogen and oxygen atoms in total. The van der Waals surface area contributed by atoms with E-state index >= 15 is 0 Å². The summed E-state index contributed by atoms with van der Waals surface area (Å²) >= 11 is 0. The minimum atomic E-state index is -0.234. The van der Waals surface area contributed by atoms with Crippen molar-refractivity contribution in [2.75, 3.05) is 6.61 Å². The van der Waals surface area contributed by atoms with E-state index in [9.17, 15) is 4.79 Å². The van der Waals surface area contributed by atoms with E-state index in [0.29, 0.717) is 11.5 Å². The normalized spacial score (nSPS) is 12.1. The number of ether oxygens (including phenoxy) is 1. The van der Waals surface area contributed by atoms with Crippen LogP contribution in [0, 0.1) is 0 Å². The zero-order chi connectivity index (χ0) is 15.2. The molecule has 0 saturated carbocycles. The van der Waals surface area contributed by atoms with Gasteiger partial charge in [0.25, 0.3) is 5.91 Å². The van der Waals surface area contributed by atoms with Crippen LogP contribution in [0.4, 0.5) is 0 Å².